The van der Waals surface area contributed by atoms with Gasteiger partial charge in [-0.3, -0.25) is 15.1 Å². The van der Waals surface area contributed by atoms with Crippen LogP contribution in [0.5, 0.6) is 0 Å². The number of thiocarbonyl (C=S) groups is 1. The molecule has 3 heterocycles. The molecule has 2 atom stereocenters. The van der Waals surface area contributed by atoms with Crippen LogP contribution in [0, 0.1) is 10.1 Å². The lowest BCUT2D eigenvalue weighted by Crippen LogP contribution is -2.31. The predicted molar refractivity (Wildman–Crippen MR) is 115 cm³/mol. The smallest absolute Gasteiger partial charge is 0.271 e. The third-order valence-electron chi connectivity index (χ3n) is 5.06. The van der Waals surface area contributed by atoms with Gasteiger partial charge in [0, 0.05) is 36.8 Å². The number of rotatable bonds is 6. The van der Waals surface area contributed by atoms with Gasteiger partial charge in [-0.25, -0.2) is 0 Å². The van der Waals surface area contributed by atoms with Crippen LogP contribution in [0.1, 0.15) is 36.8 Å². The molecule has 0 spiro atoms. The van der Waals surface area contributed by atoms with E-state index in [1.807, 2.05) is 47.2 Å². The first-order valence-electron chi connectivity index (χ1n) is 9.50. The molecule has 0 unspecified atom stereocenters. The predicted octanol–water partition coefficient (Wildman–Crippen LogP) is 4.16. The van der Waals surface area contributed by atoms with Gasteiger partial charge in [0.1, 0.15) is 0 Å². The first kappa shape index (κ1) is 19.1. The number of nitro benzene ring substituents is 1. The second-order valence-electron chi connectivity index (χ2n) is 6.90. The van der Waals surface area contributed by atoms with Crippen molar-refractivity contribution in [2.75, 3.05) is 6.54 Å². The molecule has 1 fully saturated rings. The highest BCUT2D eigenvalue weighted by atomic mass is 32.1. The third-order valence-corrected chi connectivity index (χ3v) is 5.42. The zero-order chi connectivity index (χ0) is 20.4. The molecule has 1 N–H and O–H groups in total. The highest BCUT2D eigenvalue weighted by Crippen LogP contribution is 2.39. The number of aromatic nitrogens is 2. The standard InChI is InChI=1S/C21H21N5O2S/c1-2-12-25-20(19(23-21(25)29)17-9-3-4-11-22-17)18-10-6-13-24(18)15-7-5-8-16(14-15)26(27)28/h3-11,13-14,19-20H,2,12H2,1H3,(H,23,29)/t19-,20-/m1/s1. The van der Waals surface area contributed by atoms with Crippen molar-refractivity contribution < 1.29 is 4.92 Å². The van der Waals surface area contributed by atoms with Gasteiger partial charge in [-0.15, -0.1) is 0 Å². The number of nitrogens with one attached hydrogen (secondary N) is 1. The monoisotopic (exact) mass is 407 g/mol. The van der Waals surface area contributed by atoms with Crippen LogP contribution in [0.25, 0.3) is 5.69 Å². The Morgan fingerprint density at radius 1 is 1.21 bits per heavy atom. The number of non-ortho nitro benzene ring substituents is 1. The van der Waals surface area contributed by atoms with E-state index in [0.29, 0.717) is 5.11 Å². The second kappa shape index (κ2) is 8.00. The molecule has 1 aliphatic rings. The Labute approximate surface area is 174 Å². The van der Waals surface area contributed by atoms with Crippen molar-refractivity contribution in [3.8, 4) is 5.69 Å². The summed E-state index contributed by atoms with van der Waals surface area (Å²) in [4.78, 5) is 17.6. The molecular weight excluding hydrogens is 386 g/mol. The third kappa shape index (κ3) is 3.58. The number of pyridine rings is 1. The van der Waals surface area contributed by atoms with E-state index in [-0.39, 0.29) is 22.7 Å². The van der Waals surface area contributed by atoms with Gasteiger partial charge in [-0.05, 0) is 49.0 Å². The second-order valence-corrected chi connectivity index (χ2v) is 7.29. The van der Waals surface area contributed by atoms with Crippen molar-refractivity contribution >= 4 is 23.0 Å². The summed E-state index contributed by atoms with van der Waals surface area (Å²) in [6, 6.07) is 16.3. The zero-order valence-electron chi connectivity index (χ0n) is 15.9. The molecule has 0 bridgehead atoms. The van der Waals surface area contributed by atoms with Gasteiger partial charge < -0.3 is 14.8 Å². The highest BCUT2D eigenvalue weighted by Gasteiger charge is 2.40. The lowest BCUT2D eigenvalue weighted by molar-refractivity contribution is -0.384. The van der Waals surface area contributed by atoms with E-state index in [1.165, 1.54) is 6.07 Å². The lowest BCUT2D eigenvalue weighted by atomic mass is 10.0. The molecule has 0 aliphatic carbocycles. The molecule has 7 nitrogen and oxygen atoms in total. The van der Waals surface area contributed by atoms with Gasteiger partial charge >= 0.3 is 0 Å². The maximum absolute atomic E-state index is 11.2. The van der Waals surface area contributed by atoms with E-state index < -0.39 is 0 Å². The molecule has 0 radical (unpaired) electrons. The van der Waals surface area contributed by atoms with Crippen LogP contribution < -0.4 is 5.32 Å². The maximum atomic E-state index is 11.2. The molecular formula is C21H21N5O2S. The number of benzene rings is 1. The number of nitrogens with zero attached hydrogens (tertiary/aromatic N) is 4. The Balaban J connectivity index is 1.81. The Kier molecular flexibility index (Phi) is 5.26. The van der Waals surface area contributed by atoms with Crippen LogP contribution in [0.15, 0.2) is 67.0 Å². The maximum Gasteiger partial charge on any atom is 0.271 e. The minimum Gasteiger partial charge on any atom is -0.352 e. The number of nitro groups is 1. The summed E-state index contributed by atoms with van der Waals surface area (Å²) in [5.41, 5.74) is 2.72. The number of hydrogen-bond donors (Lipinski definition) is 1. The molecule has 1 saturated heterocycles. The van der Waals surface area contributed by atoms with Crippen LogP contribution in [0.2, 0.25) is 0 Å². The average molecular weight is 407 g/mol. The Bertz CT molecular complexity index is 1040. The van der Waals surface area contributed by atoms with Crippen molar-refractivity contribution in [1.29, 1.82) is 0 Å². The summed E-state index contributed by atoms with van der Waals surface area (Å²) >= 11 is 5.64. The molecule has 0 amide bonds. The Hall–Kier alpha value is -3.26. The highest BCUT2D eigenvalue weighted by molar-refractivity contribution is 7.80. The van der Waals surface area contributed by atoms with Crippen LogP contribution in [0.3, 0.4) is 0 Å². The average Bonchev–Trinajstić information content (AvgIpc) is 3.34. The van der Waals surface area contributed by atoms with Gasteiger partial charge in [-0.1, -0.05) is 19.1 Å². The van der Waals surface area contributed by atoms with Crippen LogP contribution >= 0.6 is 12.2 Å². The van der Waals surface area contributed by atoms with E-state index in [1.54, 1.807) is 18.3 Å². The summed E-state index contributed by atoms with van der Waals surface area (Å²) in [5.74, 6) is 0. The van der Waals surface area contributed by atoms with E-state index in [0.717, 1.165) is 30.0 Å². The van der Waals surface area contributed by atoms with E-state index in [9.17, 15) is 10.1 Å². The van der Waals surface area contributed by atoms with Gasteiger partial charge in [0.15, 0.2) is 5.11 Å². The normalized spacial score (nSPS) is 18.7. The molecule has 8 heteroatoms. The van der Waals surface area contributed by atoms with Gasteiger partial charge in [0.2, 0.25) is 0 Å². The van der Waals surface area contributed by atoms with Crippen molar-refractivity contribution in [3.05, 3.63) is 88.5 Å². The fourth-order valence-electron chi connectivity index (χ4n) is 3.84. The minimum absolute atomic E-state index is 0.0638. The summed E-state index contributed by atoms with van der Waals surface area (Å²) in [6.45, 7) is 2.92. The van der Waals surface area contributed by atoms with Gasteiger partial charge in [0.25, 0.3) is 5.69 Å². The van der Waals surface area contributed by atoms with Crippen molar-refractivity contribution in [2.45, 2.75) is 25.4 Å². The van der Waals surface area contributed by atoms with Crippen molar-refractivity contribution in [3.63, 3.8) is 0 Å². The minimum atomic E-state index is -0.376. The SMILES string of the molecule is CCCN1C(=S)N[C@H](c2ccccn2)[C@H]1c1cccn1-c1cccc([N+](=O)[O-])c1. The lowest BCUT2D eigenvalue weighted by Gasteiger charge is -2.28. The quantitative estimate of drug-likeness (QED) is 0.376. The molecule has 0 saturated carbocycles. The molecule has 4 rings (SSSR count). The molecule has 2 aromatic heterocycles. The Morgan fingerprint density at radius 2 is 2.07 bits per heavy atom. The van der Waals surface area contributed by atoms with E-state index in [2.05, 4.69) is 22.1 Å². The molecule has 1 aromatic carbocycles. The number of hydrogen-bond acceptors (Lipinski definition) is 4. The van der Waals surface area contributed by atoms with Crippen molar-refractivity contribution in [1.82, 2.24) is 19.8 Å². The summed E-state index contributed by atoms with van der Waals surface area (Å²) in [5, 5.41) is 15.4. The van der Waals surface area contributed by atoms with E-state index in [4.69, 9.17) is 12.2 Å². The molecule has 148 valence electrons. The summed E-state index contributed by atoms with van der Waals surface area (Å²) < 4.78 is 1.99. The molecule has 3 aromatic rings. The fourth-order valence-corrected chi connectivity index (χ4v) is 4.17. The van der Waals surface area contributed by atoms with Crippen LogP contribution in [0.4, 0.5) is 5.69 Å². The summed E-state index contributed by atoms with van der Waals surface area (Å²) in [6.07, 6.45) is 4.65. The Morgan fingerprint density at radius 3 is 2.79 bits per heavy atom. The topological polar surface area (TPSA) is 76.2 Å². The van der Waals surface area contributed by atoms with E-state index >= 15 is 0 Å². The van der Waals surface area contributed by atoms with Crippen molar-refractivity contribution in [2.24, 2.45) is 0 Å². The van der Waals surface area contributed by atoms with Gasteiger partial charge in [0.05, 0.1) is 28.4 Å². The zero-order valence-corrected chi connectivity index (χ0v) is 16.7. The van der Waals surface area contributed by atoms with Gasteiger partial charge in [-0.2, -0.15) is 0 Å². The van der Waals surface area contributed by atoms with Crippen LogP contribution in [-0.2, 0) is 0 Å². The fraction of sp³-hybridized carbons (Fsp3) is 0.238. The molecule has 29 heavy (non-hydrogen) atoms. The van der Waals surface area contributed by atoms with Crippen LogP contribution in [-0.4, -0.2) is 31.0 Å². The first-order valence-corrected chi connectivity index (χ1v) is 9.91. The largest absolute Gasteiger partial charge is 0.352 e. The first-order chi connectivity index (χ1) is 14.1. The summed E-state index contributed by atoms with van der Waals surface area (Å²) in [7, 11) is 0. The molecule has 1 aliphatic heterocycles.